The zero-order chi connectivity index (χ0) is 24.5. The van der Waals surface area contributed by atoms with Crippen LogP contribution in [0.15, 0.2) is 72.3 Å². The molecule has 0 aliphatic carbocycles. The normalized spacial score (nSPS) is 12.5. The Morgan fingerprint density at radius 3 is 2.62 bits per heavy atom. The van der Waals surface area contributed by atoms with Crippen LogP contribution in [0, 0.1) is 0 Å². The minimum atomic E-state index is -1.30. The molecule has 3 rings (SSSR count). The highest BCUT2D eigenvalue weighted by atomic mass is 32.2. The number of nitrogens with zero attached hydrogens (tertiary/aromatic N) is 3. The summed E-state index contributed by atoms with van der Waals surface area (Å²) >= 11 is 0. The number of methoxy groups -OCH3 is 1. The molecule has 2 unspecified atom stereocenters. The number of benzene rings is 2. The number of aliphatic hydroxyl groups is 1. The van der Waals surface area contributed by atoms with Crippen LogP contribution in [-0.4, -0.2) is 59.1 Å². The quantitative estimate of drug-likeness (QED) is 0.202. The monoisotopic (exact) mass is 483 g/mol. The Morgan fingerprint density at radius 1 is 1.18 bits per heavy atom. The van der Waals surface area contributed by atoms with Crippen LogP contribution in [0.3, 0.4) is 0 Å². The second-order valence-corrected chi connectivity index (χ2v) is 8.63. The van der Waals surface area contributed by atoms with Crippen molar-refractivity contribution in [1.82, 2.24) is 9.97 Å². The van der Waals surface area contributed by atoms with Gasteiger partial charge in [-0.3, -0.25) is 4.21 Å². The van der Waals surface area contributed by atoms with Gasteiger partial charge in [0, 0.05) is 37.5 Å². The Labute approximate surface area is 201 Å². The van der Waals surface area contributed by atoms with E-state index in [-0.39, 0.29) is 0 Å². The van der Waals surface area contributed by atoms with Crippen LogP contribution in [0.1, 0.15) is 0 Å². The minimum Gasteiger partial charge on any atom is -0.491 e. The van der Waals surface area contributed by atoms with Gasteiger partial charge >= 0.3 is 0 Å². The molecule has 2 aromatic carbocycles. The van der Waals surface area contributed by atoms with Gasteiger partial charge in [0.05, 0.1) is 28.5 Å². The summed E-state index contributed by atoms with van der Waals surface area (Å²) in [6.45, 7) is 4.61. The van der Waals surface area contributed by atoms with E-state index in [9.17, 15) is 9.32 Å². The first-order chi connectivity index (χ1) is 16.4. The summed E-state index contributed by atoms with van der Waals surface area (Å²) in [6, 6.07) is 14.8. The molecule has 0 aliphatic rings. The van der Waals surface area contributed by atoms with Crippen molar-refractivity contribution in [3.8, 4) is 5.75 Å². The molecule has 9 nitrogen and oxygen atoms in total. The number of aliphatic hydroxyl groups excluding tert-OH is 1. The van der Waals surface area contributed by atoms with Crippen molar-refractivity contribution in [2.45, 2.75) is 11.1 Å². The molecule has 0 amide bonds. The third-order valence-corrected chi connectivity index (χ3v) is 5.77. The van der Waals surface area contributed by atoms with Crippen LogP contribution in [0.5, 0.6) is 5.75 Å². The molecule has 0 saturated carbocycles. The average molecular weight is 484 g/mol. The van der Waals surface area contributed by atoms with Crippen LogP contribution in [0.4, 0.5) is 28.8 Å². The second kappa shape index (κ2) is 12.1. The highest BCUT2D eigenvalue weighted by Crippen LogP contribution is 2.27. The molecule has 0 bridgehead atoms. The number of likely N-dealkylation sites (N-methyl/N-ethyl adjacent to an activating group) is 1. The molecular weight excluding hydrogens is 454 g/mol. The highest BCUT2D eigenvalue weighted by molar-refractivity contribution is 7.84. The maximum atomic E-state index is 12.3. The fourth-order valence-corrected chi connectivity index (χ4v) is 3.56. The summed E-state index contributed by atoms with van der Waals surface area (Å²) in [5.74, 6) is 1.50. The van der Waals surface area contributed by atoms with E-state index in [1.807, 2.05) is 48.5 Å². The lowest BCUT2D eigenvalue weighted by atomic mass is 10.2. The Kier molecular flexibility index (Phi) is 8.97. The lowest BCUT2D eigenvalue weighted by Gasteiger charge is -2.23. The lowest BCUT2D eigenvalue weighted by molar-refractivity contribution is 0.146. The van der Waals surface area contributed by atoms with Gasteiger partial charge < -0.3 is 30.1 Å². The maximum absolute atomic E-state index is 12.3. The van der Waals surface area contributed by atoms with Gasteiger partial charge in [0.1, 0.15) is 18.6 Å². The summed E-state index contributed by atoms with van der Waals surface area (Å²) in [4.78, 5) is 11.0. The summed E-state index contributed by atoms with van der Waals surface area (Å²) in [7, 11) is 2.08. The third kappa shape index (κ3) is 6.77. The van der Waals surface area contributed by atoms with E-state index in [0.717, 1.165) is 22.8 Å². The summed E-state index contributed by atoms with van der Waals surface area (Å²) in [6.07, 6.45) is 3.73. The van der Waals surface area contributed by atoms with Crippen molar-refractivity contribution < 1.29 is 18.8 Å². The van der Waals surface area contributed by atoms with Crippen molar-refractivity contribution in [3.63, 3.8) is 0 Å². The number of ether oxygens (including phenoxy) is 2. The van der Waals surface area contributed by atoms with Gasteiger partial charge in [-0.15, -0.1) is 0 Å². The van der Waals surface area contributed by atoms with Crippen LogP contribution >= 0.6 is 0 Å². The summed E-state index contributed by atoms with van der Waals surface area (Å²) in [5, 5.41) is 16.4. The van der Waals surface area contributed by atoms with Crippen LogP contribution in [0.25, 0.3) is 0 Å². The molecular formula is C24H29N5O4S. The van der Waals surface area contributed by atoms with Gasteiger partial charge in [0.15, 0.2) is 5.82 Å². The molecule has 34 heavy (non-hydrogen) atoms. The smallest absolute Gasteiger partial charge is 0.229 e. The van der Waals surface area contributed by atoms with Crippen molar-refractivity contribution in [3.05, 3.63) is 67.4 Å². The summed E-state index contributed by atoms with van der Waals surface area (Å²) < 4.78 is 22.8. The standard InChI is InChI=1S/C24H29N5O4S/c1-5-22(30)29(2)19-8-6-7-18(15-19)26-23-21(34(4)31)16-25-24(28-23)27-17-9-11-20(12-10-17)33-14-13-32-3/h5-12,15-16,22,30H,1,13-14H2,2-4H3,(H2,25,26,27,28). The molecule has 0 spiro atoms. The first kappa shape index (κ1) is 25.2. The third-order valence-electron chi connectivity index (χ3n) is 4.86. The van der Waals surface area contributed by atoms with E-state index in [0.29, 0.717) is 29.9 Å². The molecule has 3 aromatic rings. The van der Waals surface area contributed by atoms with Crippen LogP contribution in [-0.2, 0) is 15.5 Å². The van der Waals surface area contributed by atoms with E-state index in [2.05, 4.69) is 27.2 Å². The van der Waals surface area contributed by atoms with E-state index in [4.69, 9.17) is 9.47 Å². The van der Waals surface area contributed by atoms with Gasteiger partial charge in [-0.1, -0.05) is 12.6 Å². The molecule has 0 fully saturated rings. The Morgan fingerprint density at radius 2 is 1.94 bits per heavy atom. The van der Waals surface area contributed by atoms with Crippen molar-refractivity contribution in [1.29, 1.82) is 0 Å². The van der Waals surface area contributed by atoms with Crippen molar-refractivity contribution in [2.75, 3.05) is 49.2 Å². The van der Waals surface area contributed by atoms with Gasteiger partial charge in [-0.05, 0) is 48.5 Å². The number of nitrogens with one attached hydrogen (secondary N) is 2. The number of rotatable bonds is 12. The van der Waals surface area contributed by atoms with Gasteiger partial charge in [0.25, 0.3) is 0 Å². The Bertz CT molecular complexity index is 1130. The van der Waals surface area contributed by atoms with Gasteiger partial charge in [-0.2, -0.15) is 4.98 Å². The van der Waals surface area contributed by atoms with E-state index >= 15 is 0 Å². The van der Waals surface area contributed by atoms with Crippen molar-refractivity contribution >= 4 is 39.6 Å². The molecule has 0 saturated heterocycles. The zero-order valence-electron chi connectivity index (χ0n) is 19.4. The lowest BCUT2D eigenvalue weighted by Crippen LogP contribution is -2.29. The Hall–Kier alpha value is -3.47. The fraction of sp³-hybridized carbons (Fsp3) is 0.250. The molecule has 0 aliphatic heterocycles. The number of aromatic nitrogens is 2. The highest BCUT2D eigenvalue weighted by Gasteiger charge is 2.13. The number of hydrogen-bond acceptors (Lipinski definition) is 9. The zero-order valence-corrected chi connectivity index (χ0v) is 20.2. The molecule has 10 heteroatoms. The topological polar surface area (TPSA) is 109 Å². The minimum absolute atomic E-state index is 0.347. The largest absolute Gasteiger partial charge is 0.491 e. The van der Waals surface area contributed by atoms with E-state index in [1.165, 1.54) is 12.3 Å². The molecule has 0 radical (unpaired) electrons. The average Bonchev–Trinajstić information content (AvgIpc) is 2.84. The number of hydrogen-bond donors (Lipinski definition) is 3. The van der Waals surface area contributed by atoms with Crippen LogP contribution < -0.4 is 20.3 Å². The van der Waals surface area contributed by atoms with Crippen LogP contribution in [0.2, 0.25) is 0 Å². The Balaban J connectivity index is 1.79. The molecule has 2 atom stereocenters. The molecule has 3 N–H and O–H groups in total. The first-order valence-corrected chi connectivity index (χ1v) is 12.1. The molecule has 1 aromatic heterocycles. The van der Waals surface area contributed by atoms with Gasteiger partial charge in [-0.25, -0.2) is 4.98 Å². The van der Waals surface area contributed by atoms with Crippen molar-refractivity contribution in [2.24, 2.45) is 0 Å². The van der Waals surface area contributed by atoms with Gasteiger partial charge in [0.2, 0.25) is 5.95 Å². The van der Waals surface area contributed by atoms with E-state index in [1.54, 1.807) is 25.3 Å². The predicted octanol–water partition coefficient (Wildman–Crippen LogP) is 3.67. The predicted molar refractivity (Wildman–Crippen MR) is 136 cm³/mol. The SMILES string of the molecule is C=CC(O)N(C)c1cccc(Nc2nc(Nc3ccc(OCCOC)cc3)ncc2S(C)=O)c1. The number of anilines is 5. The molecule has 180 valence electrons. The second-order valence-electron chi connectivity index (χ2n) is 7.29. The van der Waals surface area contributed by atoms with E-state index < -0.39 is 17.0 Å². The summed E-state index contributed by atoms with van der Waals surface area (Å²) in [5.41, 5.74) is 2.27. The first-order valence-electron chi connectivity index (χ1n) is 10.5. The maximum Gasteiger partial charge on any atom is 0.229 e. The fourth-order valence-electron chi connectivity index (χ4n) is 2.99. The molecule has 1 heterocycles.